The van der Waals surface area contributed by atoms with Crippen molar-refractivity contribution in [1.29, 1.82) is 0 Å². The molecule has 0 spiro atoms. The average molecular weight is 339 g/mol. The van der Waals surface area contributed by atoms with Crippen molar-refractivity contribution in [2.24, 2.45) is 0 Å². The third kappa shape index (κ3) is 8.11. The minimum Gasteiger partial charge on any atom is -0.417 e. The average Bonchev–Trinajstić information content (AvgIpc) is 2.46. The third-order valence-electron chi connectivity index (χ3n) is 4.66. The van der Waals surface area contributed by atoms with Gasteiger partial charge in [-0.25, -0.2) is 0 Å². The van der Waals surface area contributed by atoms with Gasteiger partial charge >= 0.3 is 0 Å². The molecular formula is C19H34O3Si. The monoisotopic (exact) mass is 338 g/mol. The number of benzene rings is 1. The molecule has 1 rings (SSSR count). The Hall–Kier alpha value is -0.683. The van der Waals surface area contributed by atoms with E-state index in [2.05, 4.69) is 46.0 Å². The summed E-state index contributed by atoms with van der Waals surface area (Å²) in [6, 6.07) is 10.2. The molecule has 1 N–H and O–H groups in total. The van der Waals surface area contributed by atoms with E-state index in [1.165, 1.54) is 5.56 Å². The Morgan fingerprint density at radius 2 is 1.70 bits per heavy atom. The first-order valence-corrected chi connectivity index (χ1v) is 11.6. The van der Waals surface area contributed by atoms with E-state index < -0.39 is 8.32 Å². The smallest absolute Gasteiger partial charge is 0.191 e. The summed E-state index contributed by atoms with van der Waals surface area (Å²) in [4.78, 5) is 0. The molecule has 0 aromatic heterocycles. The lowest BCUT2D eigenvalue weighted by molar-refractivity contribution is 0.0873. The summed E-state index contributed by atoms with van der Waals surface area (Å²) in [5, 5.41) is 10.3. The molecule has 0 aliphatic rings. The van der Waals surface area contributed by atoms with Gasteiger partial charge in [0.15, 0.2) is 8.32 Å². The first-order chi connectivity index (χ1) is 10.7. The summed E-state index contributed by atoms with van der Waals surface area (Å²) in [7, 11) is -1.69. The van der Waals surface area contributed by atoms with Crippen LogP contribution in [-0.2, 0) is 15.8 Å². The van der Waals surface area contributed by atoms with Gasteiger partial charge in [0.05, 0.1) is 12.7 Å². The fraction of sp³-hybridized carbons (Fsp3) is 0.684. The van der Waals surface area contributed by atoms with Crippen LogP contribution in [0.4, 0.5) is 0 Å². The van der Waals surface area contributed by atoms with Gasteiger partial charge in [-0.3, -0.25) is 0 Å². The summed E-state index contributed by atoms with van der Waals surface area (Å²) in [6.45, 7) is 13.2. The van der Waals surface area contributed by atoms with Crippen LogP contribution in [0.2, 0.25) is 18.1 Å². The molecular weight excluding hydrogens is 304 g/mol. The van der Waals surface area contributed by atoms with Crippen LogP contribution in [0, 0.1) is 0 Å². The minimum atomic E-state index is -1.69. The van der Waals surface area contributed by atoms with Crippen LogP contribution in [0.25, 0.3) is 0 Å². The largest absolute Gasteiger partial charge is 0.417 e. The zero-order valence-corrected chi connectivity index (χ0v) is 16.5. The second-order valence-electron chi connectivity index (χ2n) is 7.73. The molecule has 0 saturated heterocycles. The lowest BCUT2D eigenvalue weighted by atomic mass is 10.1. The van der Waals surface area contributed by atoms with E-state index in [-0.39, 0.29) is 11.1 Å². The highest BCUT2D eigenvalue weighted by Crippen LogP contribution is 2.36. The zero-order valence-electron chi connectivity index (χ0n) is 15.5. The maximum Gasteiger partial charge on any atom is 0.191 e. The number of hydrogen-bond acceptors (Lipinski definition) is 3. The Labute approximate surface area is 143 Å². The molecule has 0 unspecified atom stereocenters. The second-order valence-corrected chi connectivity index (χ2v) is 12.5. The molecule has 0 fully saturated rings. The van der Waals surface area contributed by atoms with Crippen LogP contribution >= 0.6 is 0 Å². The lowest BCUT2D eigenvalue weighted by Gasteiger charge is -2.36. The van der Waals surface area contributed by atoms with Crippen molar-refractivity contribution < 1.29 is 14.3 Å². The second kappa shape index (κ2) is 9.57. The van der Waals surface area contributed by atoms with E-state index in [9.17, 15) is 5.11 Å². The van der Waals surface area contributed by atoms with E-state index in [1.807, 2.05) is 18.2 Å². The Balaban J connectivity index is 2.07. The molecule has 132 valence electrons. The zero-order chi connectivity index (χ0) is 17.3. The summed E-state index contributed by atoms with van der Waals surface area (Å²) in [5.74, 6) is 0. The summed E-state index contributed by atoms with van der Waals surface area (Å²) in [5.41, 5.74) is 1.19. The Bertz CT molecular complexity index is 426. The van der Waals surface area contributed by atoms with E-state index in [0.717, 1.165) is 12.8 Å². The van der Waals surface area contributed by atoms with Crippen LogP contribution in [0.15, 0.2) is 30.3 Å². The Morgan fingerprint density at radius 3 is 2.30 bits per heavy atom. The number of ether oxygens (including phenoxy) is 1. The van der Waals surface area contributed by atoms with Crippen molar-refractivity contribution in [3.8, 4) is 0 Å². The number of hydrogen-bond donors (Lipinski definition) is 1. The van der Waals surface area contributed by atoms with Crippen LogP contribution in [0.3, 0.4) is 0 Å². The maximum absolute atomic E-state index is 10.0. The molecule has 0 saturated carbocycles. The summed E-state index contributed by atoms with van der Waals surface area (Å²) in [6.07, 6.45) is 2.08. The molecule has 0 aliphatic heterocycles. The van der Waals surface area contributed by atoms with Crippen molar-refractivity contribution in [2.75, 3.05) is 13.2 Å². The molecule has 0 aliphatic carbocycles. The van der Waals surface area contributed by atoms with Crippen molar-refractivity contribution >= 4 is 8.32 Å². The molecule has 4 heteroatoms. The van der Waals surface area contributed by atoms with Gasteiger partial charge in [-0.05, 0) is 43.0 Å². The molecule has 0 heterocycles. The van der Waals surface area contributed by atoms with Gasteiger partial charge < -0.3 is 14.3 Å². The molecule has 3 nitrogen and oxygen atoms in total. The number of rotatable bonds is 10. The van der Waals surface area contributed by atoms with E-state index in [0.29, 0.717) is 26.2 Å². The van der Waals surface area contributed by atoms with Crippen molar-refractivity contribution in [1.82, 2.24) is 0 Å². The molecule has 0 radical (unpaired) electrons. The molecule has 0 bridgehead atoms. The predicted octanol–water partition coefficient (Wildman–Crippen LogP) is 4.76. The van der Waals surface area contributed by atoms with Gasteiger partial charge in [-0.1, -0.05) is 51.1 Å². The highest BCUT2D eigenvalue weighted by molar-refractivity contribution is 6.74. The Morgan fingerprint density at radius 1 is 1.04 bits per heavy atom. The molecule has 23 heavy (non-hydrogen) atoms. The van der Waals surface area contributed by atoms with Gasteiger partial charge in [0.2, 0.25) is 0 Å². The van der Waals surface area contributed by atoms with E-state index >= 15 is 0 Å². The minimum absolute atomic E-state index is 0.225. The van der Waals surface area contributed by atoms with Crippen LogP contribution in [-0.4, -0.2) is 32.7 Å². The highest BCUT2D eigenvalue weighted by Gasteiger charge is 2.36. The van der Waals surface area contributed by atoms with Crippen LogP contribution < -0.4 is 0 Å². The maximum atomic E-state index is 10.0. The standard InChI is InChI=1S/C19H34O3Si/c1-19(2,3)23(4,5)22-15-13-18(20)12-9-14-21-16-17-10-7-6-8-11-17/h6-8,10-11,18,20H,9,12-16H2,1-5H3/t18-/m1/s1. The normalized spacial score (nSPS) is 14.0. The van der Waals surface area contributed by atoms with E-state index in [4.69, 9.17) is 9.16 Å². The topological polar surface area (TPSA) is 38.7 Å². The highest BCUT2D eigenvalue weighted by atomic mass is 28.4. The third-order valence-corrected chi connectivity index (χ3v) is 9.20. The number of aliphatic hydroxyl groups excluding tert-OH is 1. The molecule has 1 atom stereocenters. The van der Waals surface area contributed by atoms with Gasteiger partial charge in [0.1, 0.15) is 0 Å². The van der Waals surface area contributed by atoms with Crippen LogP contribution in [0.1, 0.15) is 45.6 Å². The van der Waals surface area contributed by atoms with Gasteiger partial charge in [-0.2, -0.15) is 0 Å². The fourth-order valence-electron chi connectivity index (χ4n) is 2.00. The van der Waals surface area contributed by atoms with Gasteiger partial charge in [0, 0.05) is 13.2 Å². The summed E-state index contributed by atoms with van der Waals surface area (Å²) < 4.78 is 11.7. The first-order valence-electron chi connectivity index (χ1n) is 8.66. The van der Waals surface area contributed by atoms with Gasteiger partial charge in [-0.15, -0.1) is 0 Å². The SMILES string of the molecule is CC(C)(C)[Si](C)(C)OCC[C@H](O)CCCOCc1ccccc1. The van der Waals surface area contributed by atoms with Gasteiger partial charge in [0.25, 0.3) is 0 Å². The quantitative estimate of drug-likeness (QED) is 0.494. The van der Waals surface area contributed by atoms with Crippen molar-refractivity contribution in [3.05, 3.63) is 35.9 Å². The first kappa shape index (κ1) is 20.4. The van der Waals surface area contributed by atoms with Crippen LogP contribution in [0.5, 0.6) is 0 Å². The molecule has 1 aromatic rings. The molecule has 1 aromatic carbocycles. The summed E-state index contributed by atoms with van der Waals surface area (Å²) >= 11 is 0. The van der Waals surface area contributed by atoms with Crippen molar-refractivity contribution in [2.45, 2.75) is 70.9 Å². The van der Waals surface area contributed by atoms with Crippen molar-refractivity contribution in [3.63, 3.8) is 0 Å². The molecule has 0 amide bonds. The van der Waals surface area contributed by atoms with E-state index in [1.54, 1.807) is 0 Å². The fourth-order valence-corrected chi connectivity index (χ4v) is 3.06. The number of aliphatic hydroxyl groups is 1. The lowest BCUT2D eigenvalue weighted by Crippen LogP contribution is -2.41. The predicted molar refractivity (Wildman–Crippen MR) is 99.1 cm³/mol. The Kier molecular flexibility index (Phi) is 8.48.